The van der Waals surface area contributed by atoms with E-state index < -0.39 is 7.26 Å². The van der Waals surface area contributed by atoms with Crippen molar-refractivity contribution >= 4 is 13.2 Å². The lowest BCUT2D eigenvalue weighted by Gasteiger charge is -2.25. The van der Waals surface area contributed by atoms with Crippen LogP contribution in [0, 0.1) is 0 Å². The molecule has 0 N–H and O–H groups in total. The molecule has 0 rings (SSSR count). The monoisotopic (exact) mass is 506 g/mol. The zero-order valence-corrected chi connectivity index (χ0v) is 23.3. The summed E-state index contributed by atoms with van der Waals surface area (Å²) in [6, 6.07) is 0. The lowest BCUT2D eigenvalue weighted by atomic mass is 10.0. The number of carbonyl (C=O) groups is 1. The minimum atomic E-state index is -0.936. The molecule has 0 aromatic heterocycles. The van der Waals surface area contributed by atoms with E-state index in [1.54, 1.807) is 6.92 Å². The number of ether oxygens (including phenoxy) is 1. The molecule has 0 fully saturated rings. The Hall–Kier alpha value is 0.120. The molecule has 0 aliphatic carbocycles. The highest BCUT2D eigenvalue weighted by atomic mass is 79.9. The second kappa shape index (κ2) is 22.3. The van der Waals surface area contributed by atoms with Crippen LogP contribution in [0.25, 0.3) is 0 Å². The summed E-state index contributed by atoms with van der Waals surface area (Å²) in [7, 11) is -0.936. The van der Waals surface area contributed by atoms with Crippen molar-refractivity contribution in [3.8, 4) is 0 Å². The molecule has 0 atom stereocenters. The summed E-state index contributed by atoms with van der Waals surface area (Å²) in [6.45, 7) is 12.9. The van der Waals surface area contributed by atoms with E-state index in [4.69, 9.17) is 4.74 Å². The van der Waals surface area contributed by atoms with Crippen LogP contribution >= 0.6 is 7.26 Å². The predicted octanol–water partition coefficient (Wildman–Crippen LogP) is 5.65. The van der Waals surface area contributed by atoms with Crippen LogP contribution in [0.15, 0.2) is 12.2 Å². The topological polar surface area (TPSA) is 26.3 Å². The van der Waals surface area contributed by atoms with Crippen LogP contribution in [-0.2, 0) is 9.53 Å². The Kier molecular flexibility index (Phi) is 24.0. The second-order valence-electron chi connectivity index (χ2n) is 8.93. The molecule has 0 radical (unpaired) electrons. The Balaban J connectivity index is 0. The fourth-order valence-electron chi connectivity index (χ4n) is 4.06. The molecule has 0 aromatic carbocycles. The highest BCUT2D eigenvalue weighted by molar-refractivity contribution is 7.75. The zero-order valence-electron chi connectivity index (χ0n) is 20.8. The molecule has 4 heteroatoms. The standard InChI is InChI=1S/C26H52O2P.BrH/c1-6-9-10-11-12-13-14-15-16-17-18-19-20-21-23-29(7-2,8-3)24-22-28-26(27)25(4)5;/h4,6-24H2,1-3,5H3;1H/q+1;/p-1. The van der Waals surface area contributed by atoms with Gasteiger partial charge in [-0.2, -0.15) is 0 Å². The number of carbonyl (C=O) groups excluding carboxylic acids is 1. The first-order valence-corrected chi connectivity index (χ1v) is 15.2. The first kappa shape index (κ1) is 32.3. The van der Waals surface area contributed by atoms with Gasteiger partial charge in [-0.25, -0.2) is 4.79 Å². The van der Waals surface area contributed by atoms with Crippen molar-refractivity contribution in [2.45, 2.75) is 118 Å². The van der Waals surface area contributed by atoms with Crippen LogP contribution in [-0.4, -0.2) is 37.2 Å². The Morgan fingerprint density at radius 1 is 0.700 bits per heavy atom. The molecule has 0 saturated carbocycles. The van der Waals surface area contributed by atoms with Crippen molar-refractivity contribution in [3.05, 3.63) is 12.2 Å². The Labute approximate surface area is 200 Å². The van der Waals surface area contributed by atoms with E-state index in [0.717, 1.165) is 6.16 Å². The molecule has 180 valence electrons. The van der Waals surface area contributed by atoms with Crippen molar-refractivity contribution in [2.75, 3.05) is 31.3 Å². The average molecular weight is 508 g/mol. The summed E-state index contributed by atoms with van der Waals surface area (Å²) in [5.74, 6) is -0.230. The lowest BCUT2D eigenvalue weighted by molar-refractivity contribution is -0.138. The Bertz CT molecular complexity index is 408. The predicted molar refractivity (Wildman–Crippen MR) is 134 cm³/mol. The molecule has 0 bridgehead atoms. The molecule has 0 amide bonds. The number of rotatable bonds is 21. The normalized spacial score (nSPS) is 11.2. The molecule has 0 aliphatic heterocycles. The van der Waals surface area contributed by atoms with E-state index in [0.29, 0.717) is 12.2 Å². The van der Waals surface area contributed by atoms with Gasteiger partial charge in [0.25, 0.3) is 0 Å². The van der Waals surface area contributed by atoms with Crippen LogP contribution < -0.4 is 17.0 Å². The molecule has 0 aliphatic rings. The van der Waals surface area contributed by atoms with E-state index in [2.05, 4.69) is 27.4 Å². The van der Waals surface area contributed by atoms with Gasteiger partial charge in [0.2, 0.25) is 0 Å². The highest BCUT2D eigenvalue weighted by Gasteiger charge is 2.32. The second-order valence-corrected chi connectivity index (χ2v) is 13.8. The fraction of sp³-hybridized carbons (Fsp3) is 0.885. The van der Waals surface area contributed by atoms with Crippen LogP contribution in [0.3, 0.4) is 0 Å². The average Bonchev–Trinajstić information content (AvgIpc) is 2.72. The van der Waals surface area contributed by atoms with Gasteiger partial charge in [-0.05, 0) is 33.6 Å². The van der Waals surface area contributed by atoms with Gasteiger partial charge >= 0.3 is 5.97 Å². The summed E-state index contributed by atoms with van der Waals surface area (Å²) in [4.78, 5) is 11.6. The van der Waals surface area contributed by atoms with Crippen molar-refractivity contribution in [2.24, 2.45) is 0 Å². The van der Waals surface area contributed by atoms with Gasteiger partial charge in [0, 0.05) is 12.8 Å². The smallest absolute Gasteiger partial charge is 0.333 e. The minimum absolute atomic E-state index is 0. The summed E-state index contributed by atoms with van der Waals surface area (Å²) >= 11 is 0. The number of hydrogen-bond acceptors (Lipinski definition) is 2. The largest absolute Gasteiger partial charge is 1.00 e. The van der Waals surface area contributed by atoms with Gasteiger partial charge in [-0.1, -0.05) is 90.6 Å². The summed E-state index contributed by atoms with van der Waals surface area (Å²) in [5.41, 5.74) is 0.508. The van der Waals surface area contributed by atoms with Gasteiger partial charge < -0.3 is 21.7 Å². The van der Waals surface area contributed by atoms with Gasteiger partial charge in [0.1, 0.15) is 6.61 Å². The quantitative estimate of drug-likeness (QED) is 0.0869. The maximum Gasteiger partial charge on any atom is 0.333 e. The lowest BCUT2D eigenvalue weighted by Crippen LogP contribution is -3.00. The van der Waals surface area contributed by atoms with Gasteiger partial charge in [0.05, 0.1) is 24.6 Å². The third kappa shape index (κ3) is 17.8. The molecular formula is C26H52BrO2P. The maximum atomic E-state index is 11.6. The number of esters is 1. The molecule has 0 heterocycles. The van der Waals surface area contributed by atoms with Crippen molar-refractivity contribution < 1.29 is 26.5 Å². The minimum Gasteiger partial charge on any atom is -1.00 e. The molecule has 2 nitrogen and oxygen atoms in total. The van der Waals surface area contributed by atoms with Crippen molar-refractivity contribution in [1.29, 1.82) is 0 Å². The van der Waals surface area contributed by atoms with Gasteiger partial charge in [-0.15, -0.1) is 0 Å². The first-order chi connectivity index (χ1) is 14.0. The van der Waals surface area contributed by atoms with E-state index in [-0.39, 0.29) is 23.0 Å². The van der Waals surface area contributed by atoms with E-state index >= 15 is 0 Å². The van der Waals surface area contributed by atoms with Crippen LogP contribution in [0.2, 0.25) is 0 Å². The van der Waals surface area contributed by atoms with Crippen molar-refractivity contribution in [3.63, 3.8) is 0 Å². The van der Waals surface area contributed by atoms with E-state index in [1.165, 1.54) is 108 Å². The number of hydrogen-bond donors (Lipinski definition) is 0. The van der Waals surface area contributed by atoms with Crippen LogP contribution in [0.1, 0.15) is 118 Å². The summed E-state index contributed by atoms with van der Waals surface area (Å²) in [5, 5.41) is 0. The summed E-state index contributed by atoms with van der Waals surface area (Å²) in [6.07, 6.45) is 24.9. The molecule has 30 heavy (non-hydrogen) atoms. The third-order valence-electron chi connectivity index (χ3n) is 6.47. The first-order valence-electron chi connectivity index (χ1n) is 12.7. The van der Waals surface area contributed by atoms with Gasteiger partial charge in [0.15, 0.2) is 0 Å². The molecular weight excluding hydrogens is 455 g/mol. The molecule has 0 saturated heterocycles. The highest BCUT2D eigenvalue weighted by Crippen LogP contribution is 2.58. The Morgan fingerprint density at radius 2 is 1.10 bits per heavy atom. The van der Waals surface area contributed by atoms with E-state index in [1.807, 2.05) is 0 Å². The SMILES string of the molecule is C=C(C)C(=O)OCC[P+](CC)(CC)CCCCCCCCCCCCCCCC.[Br-]. The number of unbranched alkanes of at least 4 members (excludes halogenated alkanes) is 13. The molecule has 0 unspecified atom stereocenters. The van der Waals surface area contributed by atoms with E-state index in [9.17, 15) is 4.79 Å². The molecule has 0 spiro atoms. The molecule has 0 aromatic rings. The zero-order chi connectivity index (χ0) is 21.8. The van der Waals surface area contributed by atoms with Crippen LogP contribution in [0.4, 0.5) is 0 Å². The fourth-order valence-corrected chi connectivity index (χ4v) is 7.37. The number of halogens is 1. The maximum absolute atomic E-state index is 11.6. The van der Waals surface area contributed by atoms with Gasteiger partial charge in [-0.3, -0.25) is 0 Å². The Morgan fingerprint density at radius 3 is 1.47 bits per heavy atom. The summed E-state index contributed by atoms with van der Waals surface area (Å²) < 4.78 is 5.38. The third-order valence-corrected chi connectivity index (χ3v) is 11.6. The van der Waals surface area contributed by atoms with Crippen molar-refractivity contribution in [1.82, 2.24) is 0 Å². The van der Waals surface area contributed by atoms with Crippen LogP contribution in [0.5, 0.6) is 0 Å².